The number of phenolic OH excluding ortho intramolecular Hbond substituents is 1. The first kappa shape index (κ1) is 15.8. The van der Waals surface area contributed by atoms with Gasteiger partial charge in [-0.25, -0.2) is 0 Å². The van der Waals surface area contributed by atoms with Crippen molar-refractivity contribution in [3.05, 3.63) is 29.8 Å². The zero-order chi connectivity index (χ0) is 15.2. The van der Waals surface area contributed by atoms with Gasteiger partial charge in [0.05, 0.1) is 6.61 Å². The van der Waals surface area contributed by atoms with E-state index in [1.54, 1.807) is 12.1 Å². The van der Waals surface area contributed by atoms with Crippen molar-refractivity contribution in [3.63, 3.8) is 0 Å². The molecule has 0 amide bonds. The first-order valence-electron chi connectivity index (χ1n) is 7.59. The molecule has 0 radical (unpaired) electrons. The molecule has 2 unspecified atom stereocenters. The Hall–Kier alpha value is -1.59. The Bertz CT molecular complexity index is 461. The maximum Gasteiger partial charge on any atom is 0.324 e. The molecule has 1 aliphatic heterocycles. The third-order valence-corrected chi connectivity index (χ3v) is 3.91. The number of benzene rings is 1. The highest BCUT2D eigenvalue weighted by molar-refractivity contribution is 5.76. The smallest absolute Gasteiger partial charge is 0.324 e. The molecule has 0 aliphatic carbocycles. The summed E-state index contributed by atoms with van der Waals surface area (Å²) in [6, 6.07) is 7.14. The largest absolute Gasteiger partial charge is 0.508 e. The number of ether oxygens (including phenoxy) is 1. The fourth-order valence-electron chi connectivity index (χ4n) is 2.91. The van der Waals surface area contributed by atoms with Gasteiger partial charge in [0.1, 0.15) is 11.8 Å². The van der Waals surface area contributed by atoms with Crippen molar-refractivity contribution in [1.29, 1.82) is 0 Å². The van der Waals surface area contributed by atoms with Gasteiger partial charge in [-0.05, 0) is 31.0 Å². The lowest BCUT2D eigenvalue weighted by atomic mass is 9.99. The van der Waals surface area contributed by atoms with Crippen LogP contribution in [0, 0.1) is 0 Å². The highest BCUT2D eigenvalue weighted by Crippen LogP contribution is 2.28. The molecule has 2 rings (SSSR count). The van der Waals surface area contributed by atoms with Gasteiger partial charge in [0.2, 0.25) is 0 Å². The predicted molar refractivity (Wildman–Crippen MR) is 81.1 cm³/mol. The summed E-state index contributed by atoms with van der Waals surface area (Å²) in [5.74, 6) is 0.0952. The number of hydrogen-bond donors (Lipinski definition) is 2. The number of carbonyl (C=O) groups excluding carboxylic acids is 1. The van der Waals surface area contributed by atoms with Crippen molar-refractivity contribution in [2.45, 2.75) is 32.4 Å². The Morgan fingerprint density at radius 1 is 1.43 bits per heavy atom. The van der Waals surface area contributed by atoms with E-state index in [0.29, 0.717) is 13.2 Å². The molecule has 2 atom stereocenters. The summed E-state index contributed by atoms with van der Waals surface area (Å²) in [6.45, 7) is 6.64. The van der Waals surface area contributed by atoms with E-state index in [1.165, 1.54) is 0 Å². The van der Waals surface area contributed by atoms with Gasteiger partial charge in [-0.2, -0.15) is 0 Å². The summed E-state index contributed by atoms with van der Waals surface area (Å²) < 4.78 is 5.20. The number of nitrogens with one attached hydrogen (secondary N) is 1. The van der Waals surface area contributed by atoms with Crippen LogP contribution in [-0.4, -0.2) is 48.3 Å². The van der Waals surface area contributed by atoms with Crippen LogP contribution in [0.4, 0.5) is 0 Å². The van der Waals surface area contributed by atoms with Crippen molar-refractivity contribution in [2.24, 2.45) is 0 Å². The fourth-order valence-corrected chi connectivity index (χ4v) is 2.91. The lowest BCUT2D eigenvalue weighted by molar-refractivity contribution is -0.151. The molecule has 1 aliphatic rings. The van der Waals surface area contributed by atoms with Gasteiger partial charge < -0.3 is 15.2 Å². The molecule has 5 nitrogen and oxygen atoms in total. The van der Waals surface area contributed by atoms with Crippen LogP contribution in [0.2, 0.25) is 0 Å². The topological polar surface area (TPSA) is 61.8 Å². The van der Waals surface area contributed by atoms with Crippen molar-refractivity contribution in [3.8, 4) is 5.75 Å². The van der Waals surface area contributed by atoms with Gasteiger partial charge in [0.25, 0.3) is 0 Å². The van der Waals surface area contributed by atoms with E-state index in [-0.39, 0.29) is 23.8 Å². The first-order chi connectivity index (χ1) is 10.2. The molecule has 21 heavy (non-hydrogen) atoms. The normalized spacial score (nSPS) is 21.0. The van der Waals surface area contributed by atoms with Crippen molar-refractivity contribution >= 4 is 5.97 Å². The monoisotopic (exact) mass is 292 g/mol. The second kappa shape index (κ2) is 7.43. The van der Waals surface area contributed by atoms with Crippen LogP contribution in [0.25, 0.3) is 0 Å². The molecular weight excluding hydrogens is 268 g/mol. The summed E-state index contributed by atoms with van der Waals surface area (Å²) in [4.78, 5) is 14.4. The van der Waals surface area contributed by atoms with Crippen LogP contribution in [0.15, 0.2) is 24.3 Å². The highest BCUT2D eigenvalue weighted by Gasteiger charge is 2.34. The molecule has 1 fully saturated rings. The Balaban J connectivity index is 2.20. The number of aromatic hydroxyl groups is 1. The number of piperazine rings is 1. The van der Waals surface area contributed by atoms with Gasteiger partial charge in [0.15, 0.2) is 0 Å². The molecule has 116 valence electrons. The Kier molecular flexibility index (Phi) is 5.59. The minimum atomic E-state index is -0.252. The Labute approximate surface area is 125 Å². The lowest BCUT2D eigenvalue weighted by Gasteiger charge is -2.40. The average Bonchev–Trinajstić information content (AvgIpc) is 2.50. The van der Waals surface area contributed by atoms with Crippen molar-refractivity contribution in [1.82, 2.24) is 10.2 Å². The van der Waals surface area contributed by atoms with Crippen LogP contribution in [0.1, 0.15) is 31.9 Å². The Morgan fingerprint density at radius 2 is 2.14 bits per heavy atom. The first-order valence-corrected chi connectivity index (χ1v) is 7.59. The van der Waals surface area contributed by atoms with E-state index < -0.39 is 0 Å². The number of carbonyl (C=O) groups is 1. The molecule has 1 aromatic carbocycles. The molecule has 0 aromatic heterocycles. The van der Waals surface area contributed by atoms with Gasteiger partial charge >= 0.3 is 5.97 Å². The van der Waals surface area contributed by atoms with Gasteiger partial charge in [0, 0.05) is 25.7 Å². The zero-order valence-electron chi connectivity index (χ0n) is 12.7. The molecule has 2 N–H and O–H groups in total. The molecule has 1 heterocycles. The van der Waals surface area contributed by atoms with E-state index in [2.05, 4.69) is 17.1 Å². The molecule has 1 saturated heterocycles. The van der Waals surface area contributed by atoms with Crippen LogP contribution in [0.5, 0.6) is 5.75 Å². The van der Waals surface area contributed by atoms with Gasteiger partial charge in [-0.15, -0.1) is 0 Å². The van der Waals surface area contributed by atoms with E-state index in [0.717, 1.165) is 25.1 Å². The number of phenols is 1. The van der Waals surface area contributed by atoms with E-state index >= 15 is 0 Å². The number of esters is 1. The van der Waals surface area contributed by atoms with Crippen LogP contribution in [0.3, 0.4) is 0 Å². The van der Waals surface area contributed by atoms with Crippen LogP contribution < -0.4 is 5.32 Å². The van der Waals surface area contributed by atoms with Gasteiger partial charge in [-0.3, -0.25) is 9.69 Å². The molecule has 5 heteroatoms. The van der Waals surface area contributed by atoms with Gasteiger partial charge in [-0.1, -0.05) is 19.1 Å². The SMILES string of the molecule is CCOC(=O)C1CNCCN1C(CC)c1ccc(O)cc1. The summed E-state index contributed by atoms with van der Waals surface area (Å²) in [5.41, 5.74) is 1.12. The summed E-state index contributed by atoms with van der Waals surface area (Å²) >= 11 is 0. The van der Waals surface area contributed by atoms with Crippen molar-refractivity contribution in [2.75, 3.05) is 26.2 Å². The summed E-state index contributed by atoms with van der Waals surface area (Å²) in [5, 5.41) is 12.7. The van der Waals surface area contributed by atoms with Crippen LogP contribution >= 0.6 is 0 Å². The van der Waals surface area contributed by atoms with E-state index in [1.807, 2.05) is 19.1 Å². The number of rotatable bonds is 5. The lowest BCUT2D eigenvalue weighted by Crippen LogP contribution is -2.56. The Morgan fingerprint density at radius 3 is 2.76 bits per heavy atom. The standard InChI is InChI=1S/C16H24N2O3/c1-3-14(12-5-7-13(19)8-6-12)18-10-9-17-11-15(18)16(20)21-4-2/h5-8,14-15,17,19H,3-4,9-11H2,1-2H3. The molecule has 0 saturated carbocycles. The summed E-state index contributed by atoms with van der Waals surface area (Å²) in [6.07, 6.45) is 0.903. The minimum absolute atomic E-state index is 0.155. The maximum atomic E-state index is 12.2. The summed E-state index contributed by atoms with van der Waals surface area (Å²) in [7, 11) is 0. The van der Waals surface area contributed by atoms with Crippen LogP contribution in [-0.2, 0) is 9.53 Å². The van der Waals surface area contributed by atoms with Crippen molar-refractivity contribution < 1.29 is 14.6 Å². The third kappa shape index (κ3) is 3.74. The predicted octanol–water partition coefficient (Wildman–Crippen LogP) is 1.68. The number of nitrogens with zero attached hydrogens (tertiary/aromatic N) is 1. The second-order valence-corrected chi connectivity index (χ2v) is 5.23. The highest BCUT2D eigenvalue weighted by atomic mass is 16.5. The zero-order valence-corrected chi connectivity index (χ0v) is 12.7. The molecule has 0 bridgehead atoms. The quantitative estimate of drug-likeness (QED) is 0.809. The van der Waals surface area contributed by atoms with E-state index in [9.17, 15) is 9.90 Å². The maximum absolute atomic E-state index is 12.2. The second-order valence-electron chi connectivity index (χ2n) is 5.23. The molecular formula is C16H24N2O3. The fraction of sp³-hybridized carbons (Fsp3) is 0.562. The molecule has 0 spiro atoms. The van der Waals surface area contributed by atoms with E-state index in [4.69, 9.17) is 4.74 Å². The minimum Gasteiger partial charge on any atom is -0.508 e. The molecule has 1 aromatic rings. The average molecular weight is 292 g/mol. The third-order valence-electron chi connectivity index (χ3n) is 3.91. The number of hydrogen-bond acceptors (Lipinski definition) is 5.